The predicted molar refractivity (Wildman–Crippen MR) is 127 cm³/mol. The first-order valence-corrected chi connectivity index (χ1v) is 12.4. The highest BCUT2D eigenvalue weighted by Crippen LogP contribution is 2.34. The van der Waals surface area contributed by atoms with Gasteiger partial charge in [0.1, 0.15) is 29.9 Å². The van der Waals surface area contributed by atoms with E-state index in [1.807, 2.05) is 0 Å². The largest absolute Gasteiger partial charge is 0.497 e. The van der Waals surface area contributed by atoms with Crippen molar-refractivity contribution < 1.29 is 31.9 Å². The van der Waals surface area contributed by atoms with Crippen LogP contribution < -0.4 is 19.1 Å². The van der Waals surface area contributed by atoms with E-state index in [1.165, 1.54) is 51.5 Å². The van der Waals surface area contributed by atoms with Crippen molar-refractivity contribution in [1.82, 2.24) is 10.2 Å². The van der Waals surface area contributed by atoms with Gasteiger partial charge in [0.25, 0.3) is 0 Å². The average molecular weight is 496 g/mol. The van der Waals surface area contributed by atoms with Gasteiger partial charge in [-0.2, -0.15) is 0 Å². The van der Waals surface area contributed by atoms with Crippen LogP contribution in [0.4, 0.5) is 10.1 Å². The number of anilines is 1. The number of carbonyl (C=O) groups is 2. The van der Waals surface area contributed by atoms with Crippen LogP contribution in [0.3, 0.4) is 0 Å². The van der Waals surface area contributed by atoms with Crippen LogP contribution in [0.15, 0.2) is 42.5 Å². The Bertz CT molecular complexity index is 1130. The number of rotatable bonds is 11. The number of nitrogens with zero attached hydrogens (tertiary/aromatic N) is 2. The van der Waals surface area contributed by atoms with Crippen LogP contribution in [0.5, 0.6) is 11.5 Å². The number of hydrogen-bond acceptors (Lipinski definition) is 6. The van der Waals surface area contributed by atoms with Crippen LogP contribution in [0.2, 0.25) is 0 Å². The van der Waals surface area contributed by atoms with Gasteiger partial charge in [-0.15, -0.1) is 0 Å². The van der Waals surface area contributed by atoms with Crippen LogP contribution >= 0.6 is 0 Å². The van der Waals surface area contributed by atoms with Gasteiger partial charge in [-0.05, 0) is 32.0 Å². The summed E-state index contributed by atoms with van der Waals surface area (Å²) in [5.74, 6) is -1.13. The summed E-state index contributed by atoms with van der Waals surface area (Å²) in [7, 11) is -1.17. The van der Waals surface area contributed by atoms with Gasteiger partial charge in [0.2, 0.25) is 21.8 Å². The minimum Gasteiger partial charge on any atom is -0.497 e. The van der Waals surface area contributed by atoms with E-state index in [-0.39, 0.29) is 23.5 Å². The lowest BCUT2D eigenvalue weighted by Gasteiger charge is -2.32. The van der Waals surface area contributed by atoms with Crippen molar-refractivity contribution in [1.29, 1.82) is 0 Å². The van der Waals surface area contributed by atoms with Crippen molar-refractivity contribution >= 4 is 27.5 Å². The fourth-order valence-corrected chi connectivity index (χ4v) is 4.15. The summed E-state index contributed by atoms with van der Waals surface area (Å²) in [4.78, 5) is 27.1. The lowest BCUT2D eigenvalue weighted by molar-refractivity contribution is -0.139. The molecule has 186 valence electrons. The Kier molecular flexibility index (Phi) is 9.25. The molecular weight excluding hydrogens is 465 g/mol. The van der Waals surface area contributed by atoms with E-state index in [2.05, 4.69) is 5.32 Å². The lowest BCUT2D eigenvalue weighted by atomic mass is 10.1. The molecule has 0 spiro atoms. The molecule has 0 unspecified atom stereocenters. The van der Waals surface area contributed by atoms with Gasteiger partial charge >= 0.3 is 0 Å². The van der Waals surface area contributed by atoms with E-state index < -0.39 is 40.2 Å². The Morgan fingerprint density at radius 3 is 2.35 bits per heavy atom. The molecule has 1 N–H and O–H groups in total. The summed E-state index contributed by atoms with van der Waals surface area (Å²) < 4.78 is 51.1. The number of sulfonamides is 1. The molecule has 0 bridgehead atoms. The number of likely N-dealkylation sites (N-methyl/N-ethyl adjacent to an activating group) is 1. The highest BCUT2D eigenvalue weighted by Gasteiger charge is 2.31. The first-order chi connectivity index (χ1) is 16.0. The van der Waals surface area contributed by atoms with Crippen molar-refractivity contribution in [3.05, 3.63) is 53.8 Å². The van der Waals surface area contributed by atoms with Crippen molar-refractivity contribution in [2.45, 2.75) is 26.4 Å². The van der Waals surface area contributed by atoms with Crippen molar-refractivity contribution in [3.63, 3.8) is 0 Å². The molecular formula is C23H30FN3O6S. The van der Waals surface area contributed by atoms with Crippen LogP contribution in [0.1, 0.15) is 19.4 Å². The number of methoxy groups -OCH3 is 2. The summed E-state index contributed by atoms with van der Waals surface area (Å²) in [5, 5.41) is 2.63. The zero-order valence-corrected chi connectivity index (χ0v) is 20.7. The minimum absolute atomic E-state index is 0.0919. The van der Waals surface area contributed by atoms with Gasteiger partial charge in [0.05, 0.1) is 26.2 Å². The maximum atomic E-state index is 14.3. The Labute approximate surface area is 199 Å². The highest BCUT2D eigenvalue weighted by molar-refractivity contribution is 7.92. The Morgan fingerprint density at radius 2 is 1.79 bits per heavy atom. The normalized spacial score (nSPS) is 11.9. The number of ether oxygens (including phenoxy) is 2. The molecule has 0 heterocycles. The number of nitrogens with one attached hydrogen (secondary N) is 1. The van der Waals surface area contributed by atoms with Gasteiger partial charge in [-0.3, -0.25) is 13.9 Å². The van der Waals surface area contributed by atoms with E-state index in [0.29, 0.717) is 12.3 Å². The average Bonchev–Trinajstić information content (AvgIpc) is 2.80. The molecule has 2 aromatic rings. The second-order valence-electron chi connectivity index (χ2n) is 7.49. The molecule has 0 aliphatic heterocycles. The van der Waals surface area contributed by atoms with E-state index >= 15 is 0 Å². The van der Waals surface area contributed by atoms with Crippen molar-refractivity contribution in [3.8, 4) is 11.5 Å². The molecule has 2 rings (SSSR count). The maximum Gasteiger partial charge on any atom is 0.244 e. The van der Waals surface area contributed by atoms with E-state index in [9.17, 15) is 22.4 Å². The third-order valence-electron chi connectivity index (χ3n) is 5.15. The molecule has 11 heteroatoms. The van der Waals surface area contributed by atoms with E-state index in [0.717, 1.165) is 15.5 Å². The molecule has 0 aromatic heterocycles. The molecule has 0 radical (unpaired) electrons. The number of halogens is 1. The molecule has 2 amide bonds. The fraction of sp³-hybridized carbons (Fsp3) is 0.391. The molecule has 2 aromatic carbocycles. The molecule has 0 aliphatic carbocycles. The summed E-state index contributed by atoms with van der Waals surface area (Å²) in [6, 6.07) is 9.43. The molecule has 0 fully saturated rings. The Hall–Kier alpha value is -3.34. The third-order valence-corrected chi connectivity index (χ3v) is 6.28. The molecule has 0 saturated carbocycles. The first kappa shape index (κ1) is 26.9. The summed E-state index contributed by atoms with van der Waals surface area (Å²) in [6.45, 7) is 2.70. The number of carbonyl (C=O) groups excluding carboxylic acids is 2. The predicted octanol–water partition coefficient (Wildman–Crippen LogP) is 2.16. The van der Waals surface area contributed by atoms with Crippen LogP contribution in [0, 0.1) is 5.82 Å². The van der Waals surface area contributed by atoms with Gasteiger partial charge < -0.3 is 19.7 Å². The maximum absolute atomic E-state index is 14.3. The van der Waals surface area contributed by atoms with Crippen LogP contribution in [-0.4, -0.2) is 64.7 Å². The SMILES string of the molecule is CCNC(=O)[C@@H](C)N(Cc1ccccc1F)C(=O)CN(c1cc(OC)ccc1OC)S(C)(=O)=O. The fourth-order valence-electron chi connectivity index (χ4n) is 3.30. The van der Waals surface area contributed by atoms with Gasteiger partial charge in [-0.1, -0.05) is 18.2 Å². The summed E-state index contributed by atoms with van der Waals surface area (Å²) in [6.07, 6.45) is 0.952. The topological polar surface area (TPSA) is 105 Å². The van der Waals surface area contributed by atoms with E-state index in [4.69, 9.17) is 9.47 Å². The molecule has 1 atom stereocenters. The molecule has 34 heavy (non-hydrogen) atoms. The number of benzene rings is 2. The molecule has 9 nitrogen and oxygen atoms in total. The van der Waals surface area contributed by atoms with Crippen molar-refractivity contribution in [2.24, 2.45) is 0 Å². The van der Waals surface area contributed by atoms with E-state index in [1.54, 1.807) is 19.1 Å². The standard InChI is InChI=1S/C23H30FN3O6S/c1-6-25-23(29)16(2)26(14-17-9-7-8-10-19(17)24)22(28)15-27(34(5,30)31)20-13-18(32-3)11-12-21(20)33-4/h7-13,16H,6,14-15H2,1-5H3,(H,25,29)/t16-/m1/s1. The van der Waals surface area contributed by atoms with Crippen LogP contribution in [0.25, 0.3) is 0 Å². The monoisotopic (exact) mass is 495 g/mol. The van der Waals surface area contributed by atoms with Crippen molar-refractivity contribution in [2.75, 3.05) is 37.9 Å². The second-order valence-corrected chi connectivity index (χ2v) is 9.40. The smallest absolute Gasteiger partial charge is 0.244 e. The third kappa shape index (κ3) is 6.60. The number of hydrogen-bond donors (Lipinski definition) is 1. The summed E-state index contributed by atoms with van der Waals surface area (Å²) in [5.41, 5.74) is 0.283. The molecule has 0 saturated heterocycles. The summed E-state index contributed by atoms with van der Waals surface area (Å²) >= 11 is 0. The quantitative estimate of drug-likeness (QED) is 0.512. The number of amides is 2. The zero-order chi connectivity index (χ0) is 25.5. The second kappa shape index (κ2) is 11.7. The van der Waals surface area contributed by atoms with Gasteiger partial charge in [0.15, 0.2) is 0 Å². The first-order valence-electron chi connectivity index (χ1n) is 10.5. The lowest BCUT2D eigenvalue weighted by Crippen LogP contribution is -2.51. The highest BCUT2D eigenvalue weighted by atomic mass is 32.2. The minimum atomic E-state index is -3.97. The Balaban J connectivity index is 2.49. The van der Waals surface area contributed by atoms with Crippen LogP contribution in [-0.2, 0) is 26.2 Å². The van der Waals surface area contributed by atoms with Gasteiger partial charge in [-0.25, -0.2) is 12.8 Å². The Morgan fingerprint density at radius 1 is 1.12 bits per heavy atom. The zero-order valence-electron chi connectivity index (χ0n) is 19.9. The molecule has 0 aliphatic rings. The van der Waals surface area contributed by atoms with Gasteiger partial charge in [0, 0.05) is 24.7 Å².